The minimum Gasteiger partial charge on any atom is -0.379 e. The Bertz CT molecular complexity index is 1050. The minimum absolute atomic E-state index is 0.00481. The second-order valence-corrected chi connectivity index (χ2v) is 7.67. The quantitative estimate of drug-likeness (QED) is 0.512. The third kappa shape index (κ3) is 6.47. The number of hydrogen-bond acceptors (Lipinski definition) is 7. The summed E-state index contributed by atoms with van der Waals surface area (Å²) in [5.74, 6) is -0.265. The molecule has 1 aromatic heterocycles. The SMILES string of the molecule is O=C(NCCc1nc(C(=O)NCCN2CCOCC2)no1)c1ccc(-c2ccccc2)cc1. The first-order valence-electron chi connectivity index (χ1n) is 11.0. The standard InChI is InChI=1S/C24H27N5O4/c30-23(20-8-6-19(7-9-20)18-4-2-1-3-5-18)25-11-10-21-27-22(28-33-21)24(31)26-12-13-29-14-16-32-17-15-29/h1-9H,10-17H2,(H,25,30)(H,26,31). The molecule has 3 aromatic rings. The molecule has 172 valence electrons. The highest BCUT2D eigenvalue weighted by Gasteiger charge is 2.16. The second-order valence-electron chi connectivity index (χ2n) is 7.67. The van der Waals surface area contributed by atoms with Crippen molar-refractivity contribution < 1.29 is 18.8 Å². The molecular formula is C24H27N5O4. The van der Waals surface area contributed by atoms with Gasteiger partial charge < -0.3 is 19.9 Å². The highest BCUT2D eigenvalue weighted by Crippen LogP contribution is 2.19. The number of nitrogens with zero attached hydrogens (tertiary/aromatic N) is 3. The molecule has 2 heterocycles. The van der Waals surface area contributed by atoms with E-state index in [1.807, 2.05) is 42.5 Å². The fourth-order valence-electron chi connectivity index (χ4n) is 3.51. The molecule has 0 atom stereocenters. The van der Waals surface area contributed by atoms with E-state index >= 15 is 0 Å². The molecule has 4 rings (SSSR count). The highest BCUT2D eigenvalue weighted by atomic mass is 16.5. The van der Waals surface area contributed by atoms with Gasteiger partial charge in [0.05, 0.1) is 13.2 Å². The Hall–Kier alpha value is -3.56. The van der Waals surface area contributed by atoms with Crippen LogP contribution in [0.3, 0.4) is 0 Å². The lowest BCUT2D eigenvalue weighted by Gasteiger charge is -2.26. The Kier molecular flexibility index (Phi) is 7.78. The fraction of sp³-hybridized carbons (Fsp3) is 0.333. The Morgan fingerprint density at radius 2 is 1.58 bits per heavy atom. The number of benzene rings is 2. The highest BCUT2D eigenvalue weighted by molar-refractivity contribution is 5.94. The zero-order valence-electron chi connectivity index (χ0n) is 18.3. The Morgan fingerprint density at radius 3 is 2.33 bits per heavy atom. The molecule has 9 heteroatoms. The summed E-state index contributed by atoms with van der Waals surface area (Å²) in [6, 6.07) is 17.4. The van der Waals surface area contributed by atoms with E-state index in [2.05, 4.69) is 25.7 Å². The third-order valence-electron chi connectivity index (χ3n) is 5.37. The molecule has 1 saturated heterocycles. The number of ether oxygens (including phenoxy) is 1. The molecular weight excluding hydrogens is 422 g/mol. The van der Waals surface area contributed by atoms with Crippen molar-refractivity contribution in [2.75, 3.05) is 45.9 Å². The van der Waals surface area contributed by atoms with E-state index in [4.69, 9.17) is 9.26 Å². The number of hydrogen-bond donors (Lipinski definition) is 2. The van der Waals surface area contributed by atoms with Crippen LogP contribution in [0.5, 0.6) is 0 Å². The average Bonchev–Trinajstić information content (AvgIpc) is 3.34. The fourth-order valence-corrected chi connectivity index (χ4v) is 3.51. The van der Waals surface area contributed by atoms with Crippen LogP contribution in [0, 0.1) is 0 Å². The van der Waals surface area contributed by atoms with Gasteiger partial charge in [0.25, 0.3) is 17.6 Å². The first kappa shape index (κ1) is 22.6. The molecule has 1 aliphatic heterocycles. The lowest BCUT2D eigenvalue weighted by atomic mass is 10.0. The van der Waals surface area contributed by atoms with Gasteiger partial charge in [-0.1, -0.05) is 47.6 Å². The second kappa shape index (κ2) is 11.3. The van der Waals surface area contributed by atoms with Crippen molar-refractivity contribution in [1.29, 1.82) is 0 Å². The van der Waals surface area contributed by atoms with Crippen LogP contribution in [-0.4, -0.2) is 72.8 Å². The number of carbonyl (C=O) groups excluding carboxylic acids is 2. The maximum absolute atomic E-state index is 12.4. The first-order chi connectivity index (χ1) is 16.2. The summed E-state index contributed by atoms with van der Waals surface area (Å²) in [5, 5.41) is 9.36. The van der Waals surface area contributed by atoms with Crippen molar-refractivity contribution >= 4 is 11.8 Å². The summed E-state index contributed by atoms with van der Waals surface area (Å²) >= 11 is 0. The zero-order chi connectivity index (χ0) is 22.9. The summed E-state index contributed by atoms with van der Waals surface area (Å²) in [6.45, 7) is 4.74. The van der Waals surface area contributed by atoms with Gasteiger partial charge in [0.2, 0.25) is 5.89 Å². The molecule has 0 unspecified atom stereocenters. The topological polar surface area (TPSA) is 110 Å². The largest absolute Gasteiger partial charge is 0.379 e. The molecule has 9 nitrogen and oxygen atoms in total. The van der Waals surface area contributed by atoms with E-state index in [0.29, 0.717) is 31.0 Å². The van der Waals surface area contributed by atoms with E-state index in [0.717, 1.165) is 44.0 Å². The van der Waals surface area contributed by atoms with Gasteiger partial charge in [0.1, 0.15) is 0 Å². The van der Waals surface area contributed by atoms with Crippen molar-refractivity contribution in [2.45, 2.75) is 6.42 Å². The average molecular weight is 450 g/mol. The molecule has 0 spiro atoms. The number of carbonyl (C=O) groups is 2. The van der Waals surface area contributed by atoms with Gasteiger partial charge in [0.15, 0.2) is 0 Å². The monoisotopic (exact) mass is 449 g/mol. The zero-order valence-corrected chi connectivity index (χ0v) is 18.3. The molecule has 1 fully saturated rings. The molecule has 2 aromatic carbocycles. The Morgan fingerprint density at radius 1 is 0.879 bits per heavy atom. The lowest BCUT2D eigenvalue weighted by Crippen LogP contribution is -2.41. The molecule has 0 saturated carbocycles. The van der Waals surface area contributed by atoms with Crippen LogP contribution < -0.4 is 10.6 Å². The molecule has 2 N–H and O–H groups in total. The maximum atomic E-state index is 12.4. The van der Waals surface area contributed by atoms with Gasteiger partial charge >= 0.3 is 0 Å². The predicted octanol–water partition coefficient (Wildman–Crippen LogP) is 1.77. The van der Waals surface area contributed by atoms with E-state index < -0.39 is 0 Å². The van der Waals surface area contributed by atoms with E-state index in [1.54, 1.807) is 12.1 Å². The van der Waals surface area contributed by atoms with Gasteiger partial charge in [-0.3, -0.25) is 14.5 Å². The molecule has 0 bridgehead atoms. The van der Waals surface area contributed by atoms with Gasteiger partial charge in [-0.2, -0.15) is 4.98 Å². The number of amides is 2. The summed E-state index contributed by atoms with van der Waals surface area (Å²) in [5.41, 5.74) is 2.72. The molecule has 2 amide bonds. The summed E-state index contributed by atoms with van der Waals surface area (Å²) in [4.78, 5) is 30.9. The Labute approximate surface area is 192 Å². The van der Waals surface area contributed by atoms with Crippen LogP contribution in [-0.2, 0) is 11.2 Å². The molecule has 0 radical (unpaired) electrons. The summed E-state index contributed by atoms with van der Waals surface area (Å²) in [7, 11) is 0. The number of aromatic nitrogens is 2. The van der Waals surface area contributed by atoms with Crippen molar-refractivity contribution in [3.8, 4) is 11.1 Å². The van der Waals surface area contributed by atoms with Crippen LogP contribution in [0.1, 0.15) is 26.9 Å². The van der Waals surface area contributed by atoms with Gasteiger partial charge in [0, 0.05) is 44.7 Å². The van der Waals surface area contributed by atoms with Crippen molar-refractivity contribution in [3.05, 3.63) is 71.9 Å². The predicted molar refractivity (Wildman–Crippen MR) is 122 cm³/mol. The van der Waals surface area contributed by atoms with E-state index in [9.17, 15) is 9.59 Å². The van der Waals surface area contributed by atoms with Crippen molar-refractivity contribution in [1.82, 2.24) is 25.7 Å². The van der Waals surface area contributed by atoms with Crippen LogP contribution >= 0.6 is 0 Å². The van der Waals surface area contributed by atoms with Crippen molar-refractivity contribution in [3.63, 3.8) is 0 Å². The van der Waals surface area contributed by atoms with Crippen LogP contribution in [0.2, 0.25) is 0 Å². The van der Waals surface area contributed by atoms with Crippen LogP contribution in [0.15, 0.2) is 59.1 Å². The number of rotatable bonds is 9. The minimum atomic E-state index is -0.374. The van der Waals surface area contributed by atoms with Gasteiger partial charge in [-0.15, -0.1) is 0 Å². The molecule has 1 aliphatic rings. The lowest BCUT2D eigenvalue weighted by molar-refractivity contribution is 0.0383. The Balaban J connectivity index is 1.19. The van der Waals surface area contributed by atoms with Crippen LogP contribution in [0.25, 0.3) is 11.1 Å². The normalized spacial score (nSPS) is 14.1. The maximum Gasteiger partial charge on any atom is 0.292 e. The first-order valence-corrected chi connectivity index (χ1v) is 11.0. The van der Waals surface area contributed by atoms with Gasteiger partial charge in [-0.25, -0.2) is 0 Å². The van der Waals surface area contributed by atoms with Crippen molar-refractivity contribution in [2.24, 2.45) is 0 Å². The van der Waals surface area contributed by atoms with E-state index in [1.165, 1.54) is 0 Å². The van der Waals surface area contributed by atoms with Gasteiger partial charge in [-0.05, 0) is 23.3 Å². The number of nitrogens with one attached hydrogen (secondary N) is 2. The summed E-state index contributed by atoms with van der Waals surface area (Å²) in [6.07, 6.45) is 0.335. The molecule has 0 aliphatic carbocycles. The van der Waals surface area contributed by atoms with E-state index in [-0.39, 0.29) is 17.6 Å². The molecule has 33 heavy (non-hydrogen) atoms. The third-order valence-corrected chi connectivity index (χ3v) is 5.37. The number of morpholine rings is 1. The van der Waals surface area contributed by atoms with Crippen LogP contribution in [0.4, 0.5) is 0 Å². The summed E-state index contributed by atoms with van der Waals surface area (Å²) < 4.78 is 10.4. The smallest absolute Gasteiger partial charge is 0.292 e.